The summed E-state index contributed by atoms with van der Waals surface area (Å²) in [5, 5.41) is 0. The molecule has 3 fully saturated rings. The lowest BCUT2D eigenvalue weighted by Crippen LogP contribution is -2.46. The van der Waals surface area contributed by atoms with Crippen LogP contribution in [0.3, 0.4) is 0 Å². The van der Waals surface area contributed by atoms with Crippen LogP contribution in [0.5, 0.6) is 0 Å². The van der Waals surface area contributed by atoms with Gasteiger partial charge in [0.2, 0.25) is 0 Å². The van der Waals surface area contributed by atoms with Crippen LogP contribution in [0.15, 0.2) is 0 Å². The molecule has 0 aromatic rings. The Hall–Kier alpha value is -0.650. The van der Waals surface area contributed by atoms with E-state index in [2.05, 4.69) is 0 Å². The molecule has 2 saturated heterocycles. The fourth-order valence-corrected chi connectivity index (χ4v) is 3.77. The number of hydrogen-bond donors (Lipinski definition) is 1. The van der Waals surface area contributed by atoms with Gasteiger partial charge in [-0.05, 0) is 38.5 Å². The number of piperidine rings is 1. The first-order chi connectivity index (χ1) is 10.3. The van der Waals surface area contributed by atoms with Gasteiger partial charge in [0.25, 0.3) is 5.91 Å². The fourth-order valence-electron chi connectivity index (χ4n) is 3.77. The lowest BCUT2D eigenvalue weighted by molar-refractivity contribution is -0.146. The van der Waals surface area contributed by atoms with Crippen molar-refractivity contribution in [3.05, 3.63) is 0 Å². The van der Waals surface area contributed by atoms with Gasteiger partial charge in [-0.15, -0.1) is 0 Å². The molecule has 3 aliphatic rings. The minimum Gasteiger partial charge on any atom is -0.375 e. The van der Waals surface area contributed by atoms with Crippen LogP contribution in [-0.4, -0.2) is 54.9 Å². The van der Waals surface area contributed by atoms with E-state index in [0.29, 0.717) is 18.8 Å². The van der Waals surface area contributed by atoms with E-state index in [1.807, 2.05) is 4.90 Å². The number of carbonyl (C=O) groups excluding carboxylic acids is 1. The lowest BCUT2D eigenvalue weighted by Gasteiger charge is -2.34. The standard InChI is InChI=1S/C16H28N2O3/c17-11-14-5-6-15(21-14)16(19)18-9-7-13(8-10-18)20-12-3-1-2-4-12/h12-15H,1-11,17H2/t14-,15+/m1/s1. The van der Waals surface area contributed by atoms with Crippen molar-refractivity contribution in [3.63, 3.8) is 0 Å². The molecule has 0 bridgehead atoms. The third-order valence-electron chi connectivity index (χ3n) is 5.09. The molecule has 1 saturated carbocycles. The molecule has 2 N–H and O–H groups in total. The molecule has 2 atom stereocenters. The van der Waals surface area contributed by atoms with Crippen molar-refractivity contribution in [2.24, 2.45) is 5.73 Å². The highest BCUT2D eigenvalue weighted by molar-refractivity contribution is 5.81. The minimum atomic E-state index is -0.258. The molecule has 5 heteroatoms. The summed E-state index contributed by atoms with van der Waals surface area (Å²) >= 11 is 0. The molecule has 3 rings (SSSR count). The van der Waals surface area contributed by atoms with Crippen molar-refractivity contribution >= 4 is 5.91 Å². The summed E-state index contributed by atoms with van der Waals surface area (Å²) < 4.78 is 11.9. The molecule has 1 amide bonds. The molecule has 5 nitrogen and oxygen atoms in total. The van der Waals surface area contributed by atoms with Gasteiger partial charge in [-0.1, -0.05) is 12.8 Å². The molecular weight excluding hydrogens is 268 g/mol. The molecule has 21 heavy (non-hydrogen) atoms. The largest absolute Gasteiger partial charge is 0.375 e. The Morgan fingerprint density at radius 2 is 1.71 bits per heavy atom. The highest BCUT2D eigenvalue weighted by Crippen LogP contribution is 2.27. The van der Waals surface area contributed by atoms with Crippen LogP contribution in [0.2, 0.25) is 0 Å². The van der Waals surface area contributed by atoms with Crippen molar-refractivity contribution < 1.29 is 14.3 Å². The van der Waals surface area contributed by atoms with Gasteiger partial charge in [0.05, 0.1) is 18.3 Å². The maximum absolute atomic E-state index is 12.4. The van der Waals surface area contributed by atoms with E-state index < -0.39 is 0 Å². The summed E-state index contributed by atoms with van der Waals surface area (Å²) in [7, 11) is 0. The molecule has 0 spiro atoms. The van der Waals surface area contributed by atoms with E-state index in [1.54, 1.807) is 0 Å². The second-order valence-electron chi connectivity index (χ2n) is 6.63. The Balaban J connectivity index is 1.41. The van der Waals surface area contributed by atoms with Crippen LogP contribution in [0.1, 0.15) is 51.4 Å². The second-order valence-corrected chi connectivity index (χ2v) is 6.63. The van der Waals surface area contributed by atoms with Gasteiger partial charge in [0.15, 0.2) is 0 Å². The van der Waals surface area contributed by atoms with Crippen LogP contribution in [0.4, 0.5) is 0 Å². The summed E-state index contributed by atoms with van der Waals surface area (Å²) in [5.41, 5.74) is 5.60. The number of hydrogen-bond acceptors (Lipinski definition) is 4. The van der Waals surface area contributed by atoms with E-state index in [9.17, 15) is 4.79 Å². The average Bonchev–Trinajstić information content (AvgIpc) is 3.18. The Kier molecular flexibility index (Phi) is 5.14. The Bertz CT molecular complexity index is 349. The van der Waals surface area contributed by atoms with Crippen molar-refractivity contribution in [2.45, 2.75) is 75.8 Å². The van der Waals surface area contributed by atoms with E-state index >= 15 is 0 Å². The van der Waals surface area contributed by atoms with Gasteiger partial charge >= 0.3 is 0 Å². The highest BCUT2D eigenvalue weighted by Gasteiger charge is 2.35. The number of rotatable bonds is 4. The molecule has 0 radical (unpaired) electrons. The Labute approximate surface area is 127 Å². The van der Waals surface area contributed by atoms with Crippen molar-refractivity contribution in [3.8, 4) is 0 Å². The third-order valence-corrected chi connectivity index (χ3v) is 5.09. The number of amides is 1. The first-order valence-corrected chi connectivity index (χ1v) is 8.56. The van der Waals surface area contributed by atoms with E-state index in [-0.39, 0.29) is 18.1 Å². The summed E-state index contributed by atoms with van der Waals surface area (Å²) in [6.45, 7) is 2.13. The van der Waals surface area contributed by atoms with Gasteiger partial charge in [-0.2, -0.15) is 0 Å². The number of nitrogens with zero attached hydrogens (tertiary/aromatic N) is 1. The number of likely N-dealkylation sites (tertiary alicyclic amines) is 1. The fraction of sp³-hybridized carbons (Fsp3) is 0.938. The molecule has 0 aromatic carbocycles. The average molecular weight is 296 g/mol. The summed E-state index contributed by atoms with van der Waals surface area (Å²) in [6.07, 6.45) is 9.35. The molecule has 0 unspecified atom stereocenters. The molecular formula is C16H28N2O3. The van der Waals surface area contributed by atoms with Gasteiger partial charge < -0.3 is 20.1 Å². The number of nitrogens with two attached hydrogens (primary N) is 1. The SMILES string of the molecule is NC[C@H]1CC[C@@H](C(=O)N2CCC(OC3CCCC3)CC2)O1. The zero-order chi connectivity index (χ0) is 14.7. The monoisotopic (exact) mass is 296 g/mol. The smallest absolute Gasteiger partial charge is 0.251 e. The first kappa shape index (κ1) is 15.3. The van der Waals surface area contributed by atoms with Gasteiger partial charge in [0.1, 0.15) is 6.10 Å². The zero-order valence-corrected chi connectivity index (χ0v) is 12.8. The van der Waals surface area contributed by atoms with Gasteiger partial charge in [-0.3, -0.25) is 4.79 Å². The third kappa shape index (κ3) is 3.76. The van der Waals surface area contributed by atoms with Crippen LogP contribution < -0.4 is 5.73 Å². The maximum Gasteiger partial charge on any atom is 0.251 e. The number of ether oxygens (including phenoxy) is 2. The van der Waals surface area contributed by atoms with Crippen LogP contribution >= 0.6 is 0 Å². The van der Waals surface area contributed by atoms with E-state index in [4.69, 9.17) is 15.2 Å². The Morgan fingerprint density at radius 1 is 1.05 bits per heavy atom. The van der Waals surface area contributed by atoms with Gasteiger partial charge in [0, 0.05) is 19.6 Å². The van der Waals surface area contributed by atoms with Gasteiger partial charge in [-0.25, -0.2) is 0 Å². The van der Waals surface area contributed by atoms with Crippen LogP contribution in [-0.2, 0) is 14.3 Å². The van der Waals surface area contributed by atoms with E-state index in [0.717, 1.165) is 38.8 Å². The summed E-state index contributed by atoms with van der Waals surface area (Å²) in [6, 6.07) is 0. The topological polar surface area (TPSA) is 64.8 Å². The summed E-state index contributed by atoms with van der Waals surface area (Å²) in [4.78, 5) is 14.4. The molecule has 1 aliphatic carbocycles. The molecule has 120 valence electrons. The molecule has 2 heterocycles. The predicted molar refractivity (Wildman–Crippen MR) is 79.9 cm³/mol. The van der Waals surface area contributed by atoms with Crippen LogP contribution in [0.25, 0.3) is 0 Å². The summed E-state index contributed by atoms with van der Waals surface area (Å²) in [5.74, 6) is 0.158. The zero-order valence-electron chi connectivity index (χ0n) is 12.8. The maximum atomic E-state index is 12.4. The molecule has 0 aromatic heterocycles. The van der Waals surface area contributed by atoms with E-state index in [1.165, 1.54) is 25.7 Å². The lowest BCUT2D eigenvalue weighted by atomic mass is 10.1. The quantitative estimate of drug-likeness (QED) is 0.852. The first-order valence-electron chi connectivity index (χ1n) is 8.56. The molecule has 2 aliphatic heterocycles. The Morgan fingerprint density at radius 3 is 2.33 bits per heavy atom. The number of carbonyl (C=O) groups is 1. The second kappa shape index (κ2) is 7.07. The van der Waals surface area contributed by atoms with Crippen molar-refractivity contribution in [2.75, 3.05) is 19.6 Å². The minimum absolute atomic E-state index is 0.0715. The van der Waals surface area contributed by atoms with Crippen molar-refractivity contribution in [1.29, 1.82) is 0 Å². The van der Waals surface area contributed by atoms with Crippen molar-refractivity contribution in [1.82, 2.24) is 4.90 Å². The van der Waals surface area contributed by atoms with Crippen LogP contribution in [0, 0.1) is 0 Å². The normalized spacial score (nSPS) is 32.0. The highest BCUT2D eigenvalue weighted by atomic mass is 16.5. The predicted octanol–water partition coefficient (Wildman–Crippen LogP) is 1.44.